The summed E-state index contributed by atoms with van der Waals surface area (Å²) in [7, 11) is 0. The molecular weight excluding hydrogens is 348 g/mol. The first-order valence-electron chi connectivity index (χ1n) is 8.13. The molecule has 0 unspecified atom stereocenters. The van der Waals surface area contributed by atoms with Gasteiger partial charge in [0.1, 0.15) is 6.07 Å². The Balaban J connectivity index is 1.65. The van der Waals surface area contributed by atoms with Crippen molar-refractivity contribution in [2.45, 2.75) is 6.42 Å². The number of urea groups is 1. The van der Waals surface area contributed by atoms with Crippen LogP contribution in [0.15, 0.2) is 54.6 Å². The fourth-order valence-corrected chi connectivity index (χ4v) is 2.07. The number of carbonyl (C=O) groups excluding carboxylic acids is 3. The van der Waals surface area contributed by atoms with Crippen molar-refractivity contribution in [2.24, 2.45) is 0 Å². The van der Waals surface area contributed by atoms with Crippen molar-refractivity contribution in [3.63, 3.8) is 0 Å². The number of esters is 1. The maximum absolute atomic E-state index is 11.8. The predicted octanol–water partition coefficient (Wildman–Crippen LogP) is 2.25. The van der Waals surface area contributed by atoms with Crippen LogP contribution in [0.1, 0.15) is 12.0 Å². The summed E-state index contributed by atoms with van der Waals surface area (Å²) in [5, 5.41) is 16.6. The molecule has 2 aromatic carbocycles. The lowest BCUT2D eigenvalue weighted by molar-refractivity contribution is -0.147. The highest BCUT2D eigenvalue weighted by molar-refractivity contribution is 5.94. The highest BCUT2D eigenvalue weighted by Gasteiger charge is 2.10. The number of nitriles is 1. The Hall–Kier alpha value is -3.86. The number of ether oxygens (including phenoxy) is 1. The molecular formula is C19H18N4O4. The van der Waals surface area contributed by atoms with E-state index in [9.17, 15) is 14.4 Å². The van der Waals surface area contributed by atoms with Gasteiger partial charge in [0.05, 0.1) is 17.7 Å². The third-order valence-electron chi connectivity index (χ3n) is 3.33. The van der Waals surface area contributed by atoms with Crippen LogP contribution in [0.5, 0.6) is 0 Å². The van der Waals surface area contributed by atoms with Crippen molar-refractivity contribution in [3.05, 3.63) is 60.2 Å². The van der Waals surface area contributed by atoms with Gasteiger partial charge in [-0.3, -0.25) is 9.59 Å². The first-order chi connectivity index (χ1) is 13.1. The zero-order valence-electron chi connectivity index (χ0n) is 14.4. The van der Waals surface area contributed by atoms with Gasteiger partial charge < -0.3 is 20.7 Å². The topological polar surface area (TPSA) is 120 Å². The van der Waals surface area contributed by atoms with Crippen LogP contribution >= 0.6 is 0 Å². The van der Waals surface area contributed by atoms with Crippen LogP contribution in [0.2, 0.25) is 0 Å². The van der Waals surface area contributed by atoms with Gasteiger partial charge in [-0.15, -0.1) is 0 Å². The van der Waals surface area contributed by atoms with E-state index in [0.29, 0.717) is 16.9 Å². The first kappa shape index (κ1) is 19.5. The molecule has 0 atom stereocenters. The lowest BCUT2D eigenvalue weighted by Crippen LogP contribution is -2.31. The molecule has 0 aromatic heterocycles. The largest absolute Gasteiger partial charge is 0.456 e. The second-order valence-electron chi connectivity index (χ2n) is 5.36. The third-order valence-corrected chi connectivity index (χ3v) is 3.33. The van der Waals surface area contributed by atoms with E-state index in [-0.39, 0.29) is 13.0 Å². The predicted molar refractivity (Wildman–Crippen MR) is 98.8 cm³/mol. The minimum absolute atomic E-state index is 0.0659. The molecule has 2 aromatic rings. The Kier molecular flexibility index (Phi) is 7.36. The molecule has 3 N–H and O–H groups in total. The summed E-state index contributed by atoms with van der Waals surface area (Å²) in [5.74, 6) is -1.18. The van der Waals surface area contributed by atoms with E-state index < -0.39 is 24.5 Å². The average molecular weight is 366 g/mol. The molecule has 0 spiro atoms. The van der Waals surface area contributed by atoms with Crippen LogP contribution in [0, 0.1) is 11.3 Å². The fourth-order valence-electron chi connectivity index (χ4n) is 2.07. The smallest absolute Gasteiger partial charge is 0.319 e. The Morgan fingerprint density at radius 3 is 2.41 bits per heavy atom. The van der Waals surface area contributed by atoms with Gasteiger partial charge in [0.25, 0.3) is 5.91 Å². The van der Waals surface area contributed by atoms with Gasteiger partial charge in [-0.05, 0) is 24.3 Å². The summed E-state index contributed by atoms with van der Waals surface area (Å²) >= 11 is 0. The van der Waals surface area contributed by atoms with Gasteiger partial charge in [0.2, 0.25) is 0 Å². The number of rotatable bonds is 7. The Morgan fingerprint density at radius 1 is 0.963 bits per heavy atom. The maximum Gasteiger partial charge on any atom is 0.319 e. The number of nitrogens with one attached hydrogen (secondary N) is 3. The highest BCUT2D eigenvalue weighted by Crippen LogP contribution is 2.13. The molecule has 8 nitrogen and oxygen atoms in total. The Labute approximate surface area is 156 Å². The number of benzene rings is 2. The van der Waals surface area contributed by atoms with E-state index in [1.165, 1.54) is 0 Å². The number of carbonyl (C=O) groups is 3. The number of anilines is 2. The number of amides is 3. The molecule has 138 valence electrons. The number of para-hydroxylation sites is 2. The normalized spacial score (nSPS) is 9.59. The van der Waals surface area contributed by atoms with Gasteiger partial charge >= 0.3 is 12.0 Å². The van der Waals surface area contributed by atoms with Gasteiger partial charge in [-0.2, -0.15) is 5.26 Å². The van der Waals surface area contributed by atoms with Crippen LogP contribution in [0.25, 0.3) is 0 Å². The number of hydrogen-bond donors (Lipinski definition) is 3. The molecule has 3 amide bonds. The zero-order chi connectivity index (χ0) is 19.5. The average Bonchev–Trinajstić information content (AvgIpc) is 2.67. The van der Waals surface area contributed by atoms with Gasteiger partial charge in [-0.1, -0.05) is 30.3 Å². The Morgan fingerprint density at radius 2 is 1.67 bits per heavy atom. The van der Waals surface area contributed by atoms with Crippen molar-refractivity contribution in [3.8, 4) is 6.07 Å². The fraction of sp³-hybridized carbons (Fsp3) is 0.158. The van der Waals surface area contributed by atoms with E-state index in [2.05, 4.69) is 16.0 Å². The minimum Gasteiger partial charge on any atom is -0.456 e. The molecule has 0 saturated heterocycles. The minimum atomic E-state index is -0.626. The number of hydrogen-bond acceptors (Lipinski definition) is 5. The summed E-state index contributed by atoms with van der Waals surface area (Å²) in [5.41, 5.74) is 1.29. The number of nitrogens with zero attached hydrogens (tertiary/aromatic N) is 1. The van der Waals surface area contributed by atoms with Gasteiger partial charge in [-0.25, -0.2) is 4.79 Å². The monoisotopic (exact) mass is 366 g/mol. The zero-order valence-corrected chi connectivity index (χ0v) is 14.4. The van der Waals surface area contributed by atoms with E-state index in [4.69, 9.17) is 10.00 Å². The van der Waals surface area contributed by atoms with E-state index in [1.54, 1.807) is 48.5 Å². The van der Waals surface area contributed by atoms with Crippen LogP contribution in [0.3, 0.4) is 0 Å². The van der Waals surface area contributed by atoms with Crippen LogP contribution in [-0.2, 0) is 14.3 Å². The molecule has 27 heavy (non-hydrogen) atoms. The molecule has 0 bridgehead atoms. The van der Waals surface area contributed by atoms with Crippen molar-refractivity contribution in [2.75, 3.05) is 23.8 Å². The van der Waals surface area contributed by atoms with Gasteiger partial charge in [0, 0.05) is 12.2 Å². The van der Waals surface area contributed by atoms with Crippen LogP contribution < -0.4 is 16.0 Å². The standard InChI is InChI=1S/C19H18N4O4/c20-12-14-6-4-5-9-16(14)23-17(24)13-27-18(25)10-11-21-19(26)22-15-7-2-1-3-8-15/h1-9H,10-11,13H2,(H,23,24)(H2,21,22,26). The maximum atomic E-state index is 11.8. The lowest BCUT2D eigenvalue weighted by atomic mass is 10.2. The van der Waals surface area contributed by atoms with Crippen molar-refractivity contribution in [1.82, 2.24) is 5.32 Å². The molecule has 8 heteroatoms. The molecule has 0 fully saturated rings. The van der Waals surface area contributed by atoms with Crippen molar-refractivity contribution in [1.29, 1.82) is 5.26 Å². The van der Waals surface area contributed by atoms with Crippen molar-refractivity contribution >= 4 is 29.3 Å². The lowest BCUT2D eigenvalue weighted by Gasteiger charge is -2.09. The second kappa shape index (κ2) is 10.2. The SMILES string of the molecule is N#Cc1ccccc1NC(=O)COC(=O)CCNC(=O)Nc1ccccc1. The summed E-state index contributed by atoms with van der Waals surface area (Å²) in [6.07, 6.45) is -0.0791. The summed E-state index contributed by atoms with van der Waals surface area (Å²) in [6, 6.07) is 16.9. The molecule has 0 saturated carbocycles. The van der Waals surface area contributed by atoms with E-state index >= 15 is 0 Å². The third kappa shape index (κ3) is 6.88. The second-order valence-corrected chi connectivity index (χ2v) is 5.36. The van der Waals surface area contributed by atoms with Gasteiger partial charge in [0.15, 0.2) is 6.61 Å². The summed E-state index contributed by atoms with van der Waals surface area (Å²) in [6.45, 7) is -0.412. The molecule has 0 aliphatic heterocycles. The quantitative estimate of drug-likeness (QED) is 0.649. The molecule has 0 aliphatic carbocycles. The van der Waals surface area contributed by atoms with Crippen LogP contribution in [-0.4, -0.2) is 31.1 Å². The van der Waals surface area contributed by atoms with E-state index in [0.717, 1.165) is 0 Å². The molecule has 2 rings (SSSR count). The Bertz CT molecular complexity index is 846. The summed E-state index contributed by atoms with van der Waals surface area (Å²) in [4.78, 5) is 35.1. The molecule has 0 heterocycles. The van der Waals surface area contributed by atoms with E-state index in [1.807, 2.05) is 12.1 Å². The molecule has 0 radical (unpaired) electrons. The van der Waals surface area contributed by atoms with Crippen LogP contribution in [0.4, 0.5) is 16.2 Å². The highest BCUT2D eigenvalue weighted by atomic mass is 16.5. The summed E-state index contributed by atoms with van der Waals surface area (Å²) < 4.78 is 4.84. The first-order valence-corrected chi connectivity index (χ1v) is 8.13. The molecule has 0 aliphatic rings. The van der Waals surface area contributed by atoms with Crippen molar-refractivity contribution < 1.29 is 19.1 Å².